The fraction of sp³-hybridized carbons (Fsp3) is 0.500. The van der Waals surface area contributed by atoms with Crippen LogP contribution in [0.1, 0.15) is 57.1 Å². The number of rotatable bonds is 13. The molecule has 2 bridgehead atoms. The molecule has 1 saturated carbocycles. The highest BCUT2D eigenvalue weighted by Crippen LogP contribution is 2.61. The van der Waals surface area contributed by atoms with Crippen molar-refractivity contribution in [3.63, 3.8) is 0 Å². The molecule has 3 saturated heterocycles. The van der Waals surface area contributed by atoms with Gasteiger partial charge in [0.05, 0.1) is 37.2 Å². The number of fused-ring (bicyclic) bond motifs is 1. The Kier molecular flexibility index (Phi) is 10.4. The Bertz CT molecular complexity index is 1500. The third-order valence-electron chi connectivity index (χ3n) is 10.6. The van der Waals surface area contributed by atoms with Gasteiger partial charge >= 0.3 is 0 Å². The molecule has 2 aromatic rings. The van der Waals surface area contributed by atoms with E-state index in [-0.39, 0.29) is 41.7 Å². The highest BCUT2D eigenvalue weighted by atomic mass is 79.9. The molecule has 10 heteroatoms. The van der Waals surface area contributed by atoms with E-state index in [1.54, 1.807) is 22.0 Å². The van der Waals surface area contributed by atoms with Gasteiger partial charge in [-0.25, -0.2) is 0 Å². The van der Waals surface area contributed by atoms with Crippen LogP contribution in [-0.4, -0.2) is 87.5 Å². The van der Waals surface area contributed by atoms with E-state index < -0.39 is 35.6 Å². The second kappa shape index (κ2) is 14.6. The van der Waals surface area contributed by atoms with Crippen molar-refractivity contribution < 1.29 is 29.0 Å². The van der Waals surface area contributed by atoms with Crippen molar-refractivity contribution >= 4 is 39.3 Å². The van der Waals surface area contributed by atoms with Gasteiger partial charge in [0, 0.05) is 29.6 Å². The number of likely N-dealkylation sites (tertiary alicyclic amines) is 1. The van der Waals surface area contributed by atoms with Crippen molar-refractivity contribution in [2.75, 3.05) is 31.2 Å². The first-order chi connectivity index (χ1) is 23.3. The normalized spacial score (nSPS) is 28.5. The average Bonchev–Trinajstić information content (AvgIpc) is 3.71. The van der Waals surface area contributed by atoms with Crippen LogP contribution in [-0.2, 0) is 19.1 Å². The minimum Gasteiger partial charge on any atom is -0.494 e. The molecule has 3 aliphatic heterocycles. The van der Waals surface area contributed by atoms with E-state index in [2.05, 4.69) is 29.1 Å². The zero-order valence-corrected chi connectivity index (χ0v) is 29.2. The number of benzene rings is 2. The number of aliphatic hydroxyl groups is 1. The van der Waals surface area contributed by atoms with Crippen LogP contribution in [0, 0.1) is 11.8 Å². The number of carbonyl (C=O) groups excluding carboxylic acids is 3. The summed E-state index contributed by atoms with van der Waals surface area (Å²) in [5.41, 5.74) is 0.0987. The van der Waals surface area contributed by atoms with Gasteiger partial charge in [-0.2, -0.15) is 0 Å². The topological polar surface area (TPSA) is 99.6 Å². The zero-order valence-electron chi connectivity index (χ0n) is 27.6. The molecule has 1 N–H and O–H groups in total. The monoisotopic (exact) mass is 719 g/mol. The van der Waals surface area contributed by atoms with E-state index >= 15 is 4.79 Å². The van der Waals surface area contributed by atoms with Gasteiger partial charge < -0.3 is 29.3 Å². The molecule has 4 aliphatic rings. The average molecular weight is 721 g/mol. The number of alkyl halides is 1. The molecule has 0 aromatic heterocycles. The zero-order chi connectivity index (χ0) is 34.0. The lowest BCUT2D eigenvalue weighted by molar-refractivity contribution is -0.153. The van der Waals surface area contributed by atoms with Crippen LogP contribution in [0.5, 0.6) is 5.75 Å². The first-order valence-electron chi connectivity index (χ1n) is 17.2. The molecule has 48 heavy (non-hydrogen) atoms. The van der Waals surface area contributed by atoms with E-state index in [9.17, 15) is 14.7 Å². The van der Waals surface area contributed by atoms with E-state index in [1.807, 2.05) is 66.4 Å². The van der Waals surface area contributed by atoms with Crippen molar-refractivity contribution in [2.45, 2.75) is 80.1 Å². The Balaban J connectivity index is 1.44. The SMILES string of the molecule is C=CCN(C(=O)[C@H]1[C@@H]2OC3(CC2Br)C(C(=O)N(CC=C)C2CCCCC2)N([C@H](CO)c2ccccc2)C(=O)[C@H]13)c1ccc(OCC)cc1. The molecule has 1 spiro atoms. The van der Waals surface area contributed by atoms with Crippen LogP contribution >= 0.6 is 15.9 Å². The maximum absolute atomic E-state index is 15.1. The summed E-state index contributed by atoms with van der Waals surface area (Å²) in [6.45, 7) is 10.5. The van der Waals surface area contributed by atoms with Gasteiger partial charge in [-0.05, 0) is 56.0 Å². The molecule has 7 atom stereocenters. The molecule has 3 heterocycles. The smallest absolute Gasteiger partial charge is 0.248 e. The van der Waals surface area contributed by atoms with E-state index in [1.165, 1.54) is 0 Å². The van der Waals surface area contributed by atoms with Gasteiger partial charge in [-0.1, -0.05) is 77.7 Å². The predicted octanol–water partition coefficient (Wildman–Crippen LogP) is 5.43. The standard InChI is InChI=1S/C38H46BrN3O6/c1-4-21-40(27-17-19-28(20-18-27)47-6-3)35(44)31-32-36(45)42(30(24-43)25-13-9-7-10-14-25)34(38(32)23-29(39)33(31)48-38)37(46)41(22-5-2)26-15-11-8-12-16-26/h4-5,7,9-10,13-14,17-20,26,29-34,43H,1-2,6,8,11-12,15-16,21-24H2,3H3/t29?,30-,31-,32+,33-,34?,38?/m1/s1. The molecule has 1 aliphatic carbocycles. The van der Waals surface area contributed by atoms with Crippen molar-refractivity contribution in [2.24, 2.45) is 11.8 Å². The highest BCUT2D eigenvalue weighted by molar-refractivity contribution is 9.09. The van der Waals surface area contributed by atoms with E-state index in [0.717, 1.165) is 32.1 Å². The van der Waals surface area contributed by atoms with Gasteiger partial charge in [0.25, 0.3) is 0 Å². The Morgan fingerprint density at radius 3 is 2.38 bits per heavy atom. The maximum atomic E-state index is 15.1. The Morgan fingerprint density at radius 2 is 1.75 bits per heavy atom. The number of carbonyl (C=O) groups is 3. The van der Waals surface area contributed by atoms with Gasteiger partial charge in [0.15, 0.2) is 0 Å². The first kappa shape index (κ1) is 34.4. The van der Waals surface area contributed by atoms with Crippen LogP contribution < -0.4 is 9.64 Å². The number of halogens is 1. The number of aliphatic hydroxyl groups excluding tert-OH is 1. The summed E-state index contributed by atoms with van der Waals surface area (Å²) in [4.78, 5) is 49.6. The van der Waals surface area contributed by atoms with Crippen LogP contribution in [0.2, 0.25) is 0 Å². The largest absolute Gasteiger partial charge is 0.494 e. The minimum atomic E-state index is -1.26. The van der Waals surface area contributed by atoms with Gasteiger partial charge in [-0.3, -0.25) is 14.4 Å². The molecule has 0 radical (unpaired) electrons. The summed E-state index contributed by atoms with van der Waals surface area (Å²) in [5.74, 6) is -1.91. The van der Waals surface area contributed by atoms with Crippen LogP contribution in [0.25, 0.3) is 0 Å². The number of hydrogen-bond acceptors (Lipinski definition) is 6. The molecular formula is C38H46BrN3O6. The Hall–Kier alpha value is -3.47. The summed E-state index contributed by atoms with van der Waals surface area (Å²) in [5, 5.41) is 10.9. The quantitative estimate of drug-likeness (QED) is 0.219. The van der Waals surface area contributed by atoms with E-state index in [4.69, 9.17) is 9.47 Å². The molecule has 256 valence electrons. The van der Waals surface area contributed by atoms with Crippen LogP contribution in [0.15, 0.2) is 79.9 Å². The van der Waals surface area contributed by atoms with Gasteiger partial charge in [0.1, 0.15) is 17.4 Å². The maximum Gasteiger partial charge on any atom is 0.248 e. The summed E-state index contributed by atoms with van der Waals surface area (Å²) in [7, 11) is 0. The number of hydrogen-bond donors (Lipinski definition) is 1. The van der Waals surface area contributed by atoms with Gasteiger partial charge in [0.2, 0.25) is 17.7 Å². The van der Waals surface area contributed by atoms with Crippen molar-refractivity contribution in [1.29, 1.82) is 0 Å². The Labute approximate surface area is 291 Å². The predicted molar refractivity (Wildman–Crippen MR) is 188 cm³/mol. The summed E-state index contributed by atoms with van der Waals surface area (Å²) < 4.78 is 12.5. The number of ether oxygens (including phenoxy) is 2. The first-order valence-corrected chi connectivity index (χ1v) is 18.1. The lowest BCUT2D eigenvalue weighted by atomic mass is 9.70. The number of amides is 3. The lowest BCUT2D eigenvalue weighted by Gasteiger charge is -2.42. The molecule has 2 aromatic carbocycles. The van der Waals surface area contributed by atoms with Crippen molar-refractivity contribution in [3.8, 4) is 5.75 Å². The molecule has 3 unspecified atom stereocenters. The fourth-order valence-corrected chi connectivity index (χ4v) is 9.57. The molecule has 9 nitrogen and oxygen atoms in total. The third-order valence-corrected chi connectivity index (χ3v) is 11.4. The lowest BCUT2D eigenvalue weighted by Crippen LogP contribution is -2.59. The number of nitrogens with zero attached hydrogens (tertiary/aromatic N) is 3. The third kappa shape index (κ3) is 5.90. The van der Waals surface area contributed by atoms with Crippen LogP contribution in [0.4, 0.5) is 5.69 Å². The second-order valence-corrected chi connectivity index (χ2v) is 14.4. The van der Waals surface area contributed by atoms with Crippen LogP contribution in [0.3, 0.4) is 0 Å². The Morgan fingerprint density at radius 1 is 1.06 bits per heavy atom. The summed E-state index contributed by atoms with van der Waals surface area (Å²) in [6, 6.07) is 14.8. The molecule has 6 rings (SSSR count). The van der Waals surface area contributed by atoms with Gasteiger partial charge in [-0.15, -0.1) is 13.2 Å². The second-order valence-electron chi connectivity index (χ2n) is 13.3. The number of anilines is 1. The van der Waals surface area contributed by atoms with Crippen molar-refractivity contribution in [1.82, 2.24) is 9.80 Å². The minimum absolute atomic E-state index is 0.0134. The molecular weight excluding hydrogens is 674 g/mol. The summed E-state index contributed by atoms with van der Waals surface area (Å²) >= 11 is 3.81. The molecule has 4 fully saturated rings. The van der Waals surface area contributed by atoms with Crippen molar-refractivity contribution in [3.05, 3.63) is 85.5 Å². The van der Waals surface area contributed by atoms with E-state index in [0.29, 0.717) is 36.6 Å². The summed E-state index contributed by atoms with van der Waals surface area (Å²) in [6.07, 6.45) is 8.10. The highest BCUT2D eigenvalue weighted by Gasteiger charge is 2.77. The fourth-order valence-electron chi connectivity index (χ4n) is 8.62. The molecule has 3 amide bonds.